The van der Waals surface area contributed by atoms with E-state index in [9.17, 15) is 4.79 Å². The number of aryl methyl sites for hydroxylation is 1. The van der Waals surface area contributed by atoms with Crippen LogP contribution >= 0.6 is 23.2 Å². The van der Waals surface area contributed by atoms with Gasteiger partial charge in [0.15, 0.2) is 11.5 Å². The molecule has 0 saturated heterocycles. The minimum Gasteiger partial charge on any atom is -0.293 e. The van der Waals surface area contributed by atoms with Gasteiger partial charge >= 0.3 is 0 Å². The molecule has 0 aliphatic carbocycles. The van der Waals surface area contributed by atoms with E-state index in [1.165, 1.54) is 21.7 Å². The lowest BCUT2D eigenvalue weighted by Gasteiger charge is -2.00. The van der Waals surface area contributed by atoms with Crippen LogP contribution in [0.4, 0.5) is 5.69 Å². The van der Waals surface area contributed by atoms with Gasteiger partial charge in [0.25, 0.3) is 5.56 Å². The molecule has 10 heteroatoms. The van der Waals surface area contributed by atoms with E-state index in [1.807, 2.05) is 0 Å². The van der Waals surface area contributed by atoms with Gasteiger partial charge in [-0.3, -0.25) is 14.9 Å². The fourth-order valence-corrected chi connectivity index (χ4v) is 2.76. The molecule has 0 saturated carbocycles. The number of hydrogen-bond acceptors (Lipinski definition) is 5. The van der Waals surface area contributed by atoms with Crippen LogP contribution in [-0.4, -0.2) is 35.8 Å². The van der Waals surface area contributed by atoms with E-state index in [-0.39, 0.29) is 5.56 Å². The second-order valence-electron chi connectivity index (χ2n) is 5.47. The van der Waals surface area contributed by atoms with Crippen molar-refractivity contribution in [2.24, 2.45) is 4.99 Å². The maximum atomic E-state index is 12.7. The number of nitrogens with zero attached hydrogens (tertiary/aromatic N) is 6. The van der Waals surface area contributed by atoms with Crippen molar-refractivity contribution >= 4 is 40.8 Å². The highest BCUT2D eigenvalue weighted by atomic mass is 35.5. The molecule has 1 aromatic carbocycles. The molecule has 1 N–H and O–H groups in total. The summed E-state index contributed by atoms with van der Waals surface area (Å²) in [5, 5.41) is 15.9. The Kier molecular flexibility index (Phi) is 4.06. The Balaban J connectivity index is 1.76. The van der Waals surface area contributed by atoms with E-state index in [0.29, 0.717) is 38.5 Å². The number of nitrogens with one attached hydrogen (secondary N) is 1. The average Bonchev–Trinajstić information content (AvgIpc) is 3.20. The van der Waals surface area contributed by atoms with E-state index < -0.39 is 0 Å². The number of aromatic nitrogens is 6. The lowest BCUT2D eigenvalue weighted by molar-refractivity contribution is 0.765. The van der Waals surface area contributed by atoms with Crippen LogP contribution in [0.5, 0.6) is 0 Å². The standard InChI is InChI=1S/C16H11Cl2N7O/c1-9-11(7-19-13-6-10(17)2-3-12(13)18)16(26)25(22-9)15-5-4-14-21-20-8-24(14)23-15/h2-8,22H,1H3. The molecule has 26 heavy (non-hydrogen) atoms. The van der Waals surface area contributed by atoms with Crippen LogP contribution in [0.15, 0.2) is 46.4 Å². The number of H-pyrrole nitrogens is 1. The fourth-order valence-electron chi connectivity index (χ4n) is 2.43. The topological polar surface area (TPSA) is 93.2 Å². The zero-order valence-electron chi connectivity index (χ0n) is 13.4. The van der Waals surface area contributed by atoms with E-state index in [2.05, 4.69) is 25.4 Å². The molecule has 0 atom stereocenters. The molecule has 3 heterocycles. The number of aromatic amines is 1. The van der Waals surface area contributed by atoms with Crippen molar-refractivity contribution in [3.8, 4) is 5.82 Å². The number of hydrogen-bond donors (Lipinski definition) is 1. The molecule has 8 nitrogen and oxygen atoms in total. The molecule has 0 amide bonds. The number of benzene rings is 1. The van der Waals surface area contributed by atoms with E-state index >= 15 is 0 Å². The first-order chi connectivity index (χ1) is 12.5. The van der Waals surface area contributed by atoms with Crippen molar-refractivity contribution in [1.82, 2.24) is 29.6 Å². The summed E-state index contributed by atoms with van der Waals surface area (Å²) in [5.74, 6) is 0.408. The summed E-state index contributed by atoms with van der Waals surface area (Å²) >= 11 is 12.1. The molecule has 3 aromatic heterocycles. The van der Waals surface area contributed by atoms with Crippen molar-refractivity contribution < 1.29 is 0 Å². The normalized spacial score (nSPS) is 11.7. The molecule has 0 aliphatic rings. The zero-order valence-corrected chi connectivity index (χ0v) is 14.9. The van der Waals surface area contributed by atoms with Crippen LogP contribution in [0, 0.1) is 6.92 Å². The van der Waals surface area contributed by atoms with Gasteiger partial charge in [-0.2, -0.15) is 9.20 Å². The van der Waals surface area contributed by atoms with Crippen molar-refractivity contribution in [2.75, 3.05) is 0 Å². The fraction of sp³-hybridized carbons (Fsp3) is 0.0625. The Labute approximate surface area is 156 Å². The van der Waals surface area contributed by atoms with Gasteiger partial charge in [-0.05, 0) is 37.3 Å². The molecule has 0 unspecified atom stereocenters. The zero-order chi connectivity index (χ0) is 18.3. The number of rotatable bonds is 3. The average molecular weight is 388 g/mol. The van der Waals surface area contributed by atoms with Crippen LogP contribution in [0.2, 0.25) is 10.0 Å². The third-order valence-electron chi connectivity index (χ3n) is 3.73. The second-order valence-corrected chi connectivity index (χ2v) is 6.31. The maximum absolute atomic E-state index is 12.7. The van der Waals surface area contributed by atoms with Gasteiger partial charge in [-0.25, -0.2) is 0 Å². The molecular formula is C16H11Cl2N7O. The monoisotopic (exact) mass is 387 g/mol. The van der Waals surface area contributed by atoms with E-state index in [4.69, 9.17) is 23.2 Å². The number of aliphatic imine (C=N–C) groups is 1. The molecular weight excluding hydrogens is 377 g/mol. The number of fused-ring (bicyclic) bond motifs is 1. The van der Waals surface area contributed by atoms with Crippen LogP contribution in [-0.2, 0) is 0 Å². The second kappa shape index (κ2) is 6.40. The highest BCUT2D eigenvalue weighted by molar-refractivity contribution is 6.35. The Bertz CT molecular complexity index is 1210. The highest BCUT2D eigenvalue weighted by Gasteiger charge is 2.13. The van der Waals surface area contributed by atoms with Gasteiger partial charge in [0, 0.05) is 16.9 Å². The predicted octanol–water partition coefficient (Wildman–Crippen LogP) is 2.97. The summed E-state index contributed by atoms with van der Waals surface area (Å²) in [4.78, 5) is 17.0. The van der Waals surface area contributed by atoms with Gasteiger partial charge in [-0.15, -0.1) is 15.3 Å². The smallest absolute Gasteiger partial charge is 0.281 e. The Morgan fingerprint density at radius 2 is 2.08 bits per heavy atom. The minimum atomic E-state index is -0.288. The van der Waals surface area contributed by atoms with Crippen molar-refractivity contribution in [3.05, 3.63) is 68.3 Å². The third-order valence-corrected chi connectivity index (χ3v) is 4.29. The highest BCUT2D eigenvalue weighted by Crippen LogP contribution is 2.27. The molecule has 0 radical (unpaired) electrons. The summed E-state index contributed by atoms with van der Waals surface area (Å²) in [5.41, 5.74) is 1.82. The third kappa shape index (κ3) is 2.89. The molecule has 0 bridgehead atoms. The largest absolute Gasteiger partial charge is 0.293 e. The van der Waals surface area contributed by atoms with Crippen molar-refractivity contribution in [1.29, 1.82) is 0 Å². The van der Waals surface area contributed by atoms with E-state index in [1.54, 1.807) is 37.3 Å². The molecule has 4 rings (SSSR count). The molecule has 0 spiro atoms. The van der Waals surface area contributed by atoms with Crippen LogP contribution in [0.1, 0.15) is 11.3 Å². The summed E-state index contributed by atoms with van der Waals surface area (Å²) in [6.07, 6.45) is 2.92. The molecule has 0 aliphatic heterocycles. The minimum absolute atomic E-state index is 0.288. The summed E-state index contributed by atoms with van der Waals surface area (Å²) in [7, 11) is 0. The van der Waals surface area contributed by atoms with Crippen molar-refractivity contribution in [3.63, 3.8) is 0 Å². The first-order valence-corrected chi connectivity index (χ1v) is 8.27. The molecule has 130 valence electrons. The molecule has 0 fully saturated rings. The van der Waals surface area contributed by atoms with Gasteiger partial charge in [0.1, 0.15) is 6.33 Å². The first kappa shape index (κ1) is 16.5. The van der Waals surface area contributed by atoms with Crippen LogP contribution < -0.4 is 5.56 Å². The first-order valence-electron chi connectivity index (χ1n) is 7.51. The number of halogens is 2. The quantitative estimate of drug-likeness (QED) is 0.546. The van der Waals surface area contributed by atoms with Crippen LogP contribution in [0.25, 0.3) is 11.5 Å². The lowest BCUT2D eigenvalue weighted by atomic mass is 10.3. The Hall–Kier alpha value is -2.97. The van der Waals surface area contributed by atoms with Crippen LogP contribution in [0.3, 0.4) is 0 Å². The summed E-state index contributed by atoms with van der Waals surface area (Å²) < 4.78 is 2.81. The summed E-state index contributed by atoms with van der Waals surface area (Å²) in [6.45, 7) is 1.77. The Morgan fingerprint density at radius 1 is 1.23 bits per heavy atom. The van der Waals surface area contributed by atoms with Gasteiger partial charge < -0.3 is 0 Å². The SMILES string of the molecule is Cc1[nH]n(-c2ccc3nncn3n2)c(=O)c1C=Nc1cc(Cl)ccc1Cl. The maximum Gasteiger partial charge on any atom is 0.281 e. The van der Waals surface area contributed by atoms with E-state index in [0.717, 1.165) is 0 Å². The summed E-state index contributed by atoms with van der Waals surface area (Å²) in [6, 6.07) is 8.34. The van der Waals surface area contributed by atoms with Gasteiger partial charge in [0.2, 0.25) is 0 Å². The predicted molar refractivity (Wildman–Crippen MR) is 99.2 cm³/mol. The van der Waals surface area contributed by atoms with Gasteiger partial charge in [-0.1, -0.05) is 23.2 Å². The Morgan fingerprint density at radius 3 is 2.92 bits per heavy atom. The molecule has 4 aromatic rings. The van der Waals surface area contributed by atoms with Gasteiger partial charge in [0.05, 0.1) is 16.3 Å². The lowest BCUT2D eigenvalue weighted by Crippen LogP contribution is -2.19. The van der Waals surface area contributed by atoms with Crippen molar-refractivity contribution in [2.45, 2.75) is 6.92 Å².